The summed E-state index contributed by atoms with van der Waals surface area (Å²) in [7, 11) is 1.41. The van der Waals surface area contributed by atoms with Gasteiger partial charge in [0.05, 0.1) is 29.6 Å². The number of hydrogen-bond acceptors (Lipinski definition) is 6. The molecule has 0 saturated heterocycles. The van der Waals surface area contributed by atoms with Crippen LogP contribution in [-0.4, -0.2) is 56.3 Å². The number of thioether (sulfide) groups is 1. The highest BCUT2D eigenvalue weighted by molar-refractivity contribution is 7.99. The Morgan fingerprint density at radius 3 is 2.67 bits per heavy atom. The van der Waals surface area contributed by atoms with Gasteiger partial charge in [-0.25, -0.2) is 4.68 Å². The van der Waals surface area contributed by atoms with Gasteiger partial charge in [-0.05, 0) is 35.4 Å². The lowest BCUT2D eigenvalue weighted by atomic mass is 10.1. The Hall–Kier alpha value is -2.63. The molecular weight excluding hydrogens is 421 g/mol. The van der Waals surface area contributed by atoms with Crippen LogP contribution in [0.4, 0.5) is 18.9 Å². The van der Waals surface area contributed by atoms with Gasteiger partial charge in [-0.15, -0.1) is 5.10 Å². The summed E-state index contributed by atoms with van der Waals surface area (Å²) in [6, 6.07) is 4.92. The molecule has 3 rings (SSSR count). The van der Waals surface area contributed by atoms with E-state index in [0.29, 0.717) is 5.16 Å². The SMILES string of the molecule is CN(CC(=O)Nc1ccccc1C(F)(F)F)C(=O)CSc1nnnn1C1CCCC1. The minimum atomic E-state index is -4.59. The highest BCUT2D eigenvalue weighted by Gasteiger charge is 2.33. The van der Waals surface area contributed by atoms with Crippen molar-refractivity contribution in [3.05, 3.63) is 29.8 Å². The number of aromatic nitrogens is 4. The molecule has 8 nitrogen and oxygen atoms in total. The summed E-state index contributed by atoms with van der Waals surface area (Å²) in [5.74, 6) is -1.07. The van der Waals surface area contributed by atoms with Gasteiger partial charge in [-0.2, -0.15) is 13.2 Å². The van der Waals surface area contributed by atoms with Gasteiger partial charge in [0.15, 0.2) is 0 Å². The summed E-state index contributed by atoms with van der Waals surface area (Å²) in [6.45, 7) is -0.376. The van der Waals surface area contributed by atoms with Crippen LogP contribution in [0.15, 0.2) is 29.4 Å². The molecule has 12 heteroatoms. The molecule has 0 aliphatic heterocycles. The molecule has 30 heavy (non-hydrogen) atoms. The quantitative estimate of drug-likeness (QED) is 0.663. The lowest BCUT2D eigenvalue weighted by Crippen LogP contribution is -2.36. The second kappa shape index (κ2) is 9.45. The van der Waals surface area contributed by atoms with Crippen LogP contribution in [0.2, 0.25) is 0 Å². The first kappa shape index (κ1) is 22.1. The van der Waals surface area contributed by atoms with E-state index in [9.17, 15) is 22.8 Å². The van der Waals surface area contributed by atoms with Gasteiger partial charge < -0.3 is 10.2 Å². The Labute approximate surface area is 175 Å². The van der Waals surface area contributed by atoms with Gasteiger partial charge in [0.2, 0.25) is 17.0 Å². The van der Waals surface area contributed by atoms with Crippen molar-refractivity contribution in [2.24, 2.45) is 0 Å². The number of rotatable bonds is 7. The largest absolute Gasteiger partial charge is 0.418 e. The Kier molecular flexibility index (Phi) is 6.95. The number of benzene rings is 1. The standard InChI is InChI=1S/C18H21F3N6O2S/c1-26(10-15(28)22-14-9-5-4-8-13(14)18(19,20)21)16(29)11-30-17-23-24-25-27(17)12-6-2-3-7-12/h4-5,8-9,12H,2-3,6-7,10-11H2,1H3,(H,22,28). The number of anilines is 1. The van der Waals surface area contributed by atoms with E-state index < -0.39 is 17.6 Å². The Morgan fingerprint density at radius 2 is 1.97 bits per heavy atom. The second-order valence-corrected chi connectivity index (χ2v) is 7.92. The smallest absolute Gasteiger partial charge is 0.336 e. The van der Waals surface area contributed by atoms with Crippen LogP contribution < -0.4 is 5.32 Å². The van der Waals surface area contributed by atoms with Crippen molar-refractivity contribution >= 4 is 29.3 Å². The number of hydrogen-bond donors (Lipinski definition) is 1. The van der Waals surface area contributed by atoms with Crippen molar-refractivity contribution in [1.29, 1.82) is 0 Å². The highest BCUT2D eigenvalue weighted by atomic mass is 32.2. The van der Waals surface area contributed by atoms with Crippen LogP contribution in [0, 0.1) is 0 Å². The molecule has 1 heterocycles. The van der Waals surface area contributed by atoms with E-state index >= 15 is 0 Å². The molecule has 1 saturated carbocycles. The zero-order chi connectivity index (χ0) is 21.7. The van der Waals surface area contributed by atoms with E-state index in [1.165, 1.54) is 37.0 Å². The molecule has 0 bridgehead atoms. The summed E-state index contributed by atoms with van der Waals surface area (Å²) >= 11 is 1.17. The number of tetrazole rings is 1. The fourth-order valence-electron chi connectivity index (χ4n) is 3.23. The van der Waals surface area contributed by atoms with Gasteiger partial charge in [0.25, 0.3) is 0 Å². The molecule has 1 aliphatic rings. The van der Waals surface area contributed by atoms with Crippen molar-refractivity contribution in [3.63, 3.8) is 0 Å². The number of nitrogens with zero attached hydrogens (tertiary/aromatic N) is 5. The monoisotopic (exact) mass is 442 g/mol. The number of halogens is 3. The zero-order valence-electron chi connectivity index (χ0n) is 16.2. The molecule has 1 fully saturated rings. The summed E-state index contributed by atoms with van der Waals surface area (Å²) in [5.41, 5.74) is -1.29. The van der Waals surface area contributed by atoms with Crippen molar-refractivity contribution in [1.82, 2.24) is 25.1 Å². The van der Waals surface area contributed by atoms with Crippen LogP contribution in [0.25, 0.3) is 0 Å². The molecule has 0 atom stereocenters. The van der Waals surface area contributed by atoms with E-state index in [1.54, 1.807) is 4.68 Å². The lowest BCUT2D eigenvalue weighted by molar-refractivity contribution is -0.137. The number of carbonyl (C=O) groups is 2. The highest BCUT2D eigenvalue weighted by Crippen LogP contribution is 2.34. The molecule has 1 aliphatic carbocycles. The number of para-hydroxylation sites is 1. The Balaban J connectivity index is 1.53. The molecule has 2 amide bonds. The van der Waals surface area contributed by atoms with E-state index in [1.807, 2.05) is 0 Å². The van der Waals surface area contributed by atoms with E-state index in [0.717, 1.165) is 36.6 Å². The predicted octanol–water partition coefficient (Wildman–Crippen LogP) is 3.00. The average Bonchev–Trinajstić information content (AvgIpc) is 3.36. The molecule has 0 radical (unpaired) electrons. The van der Waals surface area contributed by atoms with Crippen LogP contribution in [0.1, 0.15) is 37.3 Å². The first-order chi connectivity index (χ1) is 14.3. The third kappa shape index (κ3) is 5.49. The summed E-state index contributed by atoms with van der Waals surface area (Å²) in [6.07, 6.45) is -0.380. The molecule has 0 spiro atoms. The molecule has 162 valence electrons. The first-order valence-electron chi connectivity index (χ1n) is 9.36. The predicted molar refractivity (Wildman–Crippen MR) is 104 cm³/mol. The number of nitrogens with one attached hydrogen (secondary N) is 1. The topological polar surface area (TPSA) is 93.0 Å². The zero-order valence-corrected chi connectivity index (χ0v) is 17.0. The fraction of sp³-hybridized carbons (Fsp3) is 0.500. The van der Waals surface area contributed by atoms with Crippen LogP contribution in [0.5, 0.6) is 0 Å². The fourth-order valence-corrected chi connectivity index (χ4v) is 4.11. The van der Waals surface area contributed by atoms with E-state index in [-0.39, 0.29) is 29.9 Å². The van der Waals surface area contributed by atoms with Gasteiger partial charge in [-0.1, -0.05) is 36.7 Å². The average molecular weight is 442 g/mol. The summed E-state index contributed by atoms with van der Waals surface area (Å²) < 4.78 is 40.8. The lowest BCUT2D eigenvalue weighted by Gasteiger charge is -2.18. The minimum absolute atomic E-state index is 0.00993. The van der Waals surface area contributed by atoms with Crippen molar-refractivity contribution in [2.45, 2.75) is 43.1 Å². The van der Waals surface area contributed by atoms with Crippen LogP contribution >= 0.6 is 11.8 Å². The molecule has 1 aromatic heterocycles. The maximum Gasteiger partial charge on any atom is 0.418 e. The molecular formula is C18H21F3N6O2S. The number of carbonyl (C=O) groups excluding carboxylic acids is 2. The first-order valence-corrected chi connectivity index (χ1v) is 10.3. The summed E-state index contributed by atoms with van der Waals surface area (Å²) in [5, 5.41) is 14.4. The number of alkyl halides is 3. The second-order valence-electron chi connectivity index (χ2n) is 6.97. The molecule has 1 N–H and O–H groups in total. The van der Waals surface area contributed by atoms with Crippen molar-refractivity contribution in [3.8, 4) is 0 Å². The number of amides is 2. The minimum Gasteiger partial charge on any atom is -0.336 e. The normalized spacial score (nSPS) is 14.7. The molecule has 0 unspecified atom stereocenters. The van der Waals surface area contributed by atoms with Crippen molar-refractivity contribution in [2.75, 3.05) is 24.7 Å². The third-order valence-electron chi connectivity index (χ3n) is 4.77. The van der Waals surface area contributed by atoms with E-state index in [4.69, 9.17) is 0 Å². The van der Waals surface area contributed by atoms with Crippen LogP contribution in [-0.2, 0) is 15.8 Å². The molecule has 2 aromatic rings. The maximum atomic E-state index is 13.0. The van der Waals surface area contributed by atoms with Crippen LogP contribution in [0.3, 0.4) is 0 Å². The van der Waals surface area contributed by atoms with E-state index in [2.05, 4.69) is 20.8 Å². The summed E-state index contributed by atoms with van der Waals surface area (Å²) in [4.78, 5) is 25.7. The number of likely N-dealkylation sites (N-methyl/N-ethyl adjacent to an activating group) is 1. The van der Waals surface area contributed by atoms with Gasteiger partial charge >= 0.3 is 6.18 Å². The van der Waals surface area contributed by atoms with Gasteiger partial charge in [0.1, 0.15) is 0 Å². The van der Waals surface area contributed by atoms with Gasteiger partial charge in [-0.3, -0.25) is 9.59 Å². The Morgan fingerprint density at radius 1 is 1.27 bits per heavy atom. The Bertz CT molecular complexity index is 898. The third-order valence-corrected chi connectivity index (χ3v) is 5.69. The van der Waals surface area contributed by atoms with Gasteiger partial charge in [0, 0.05) is 7.05 Å². The maximum absolute atomic E-state index is 13.0. The molecule has 1 aromatic carbocycles. The van der Waals surface area contributed by atoms with Crippen molar-refractivity contribution < 1.29 is 22.8 Å².